The lowest BCUT2D eigenvalue weighted by molar-refractivity contribution is -0.175. The van der Waals surface area contributed by atoms with Crippen LogP contribution in [0.2, 0.25) is 0 Å². The number of esters is 1. The van der Waals surface area contributed by atoms with E-state index in [1.54, 1.807) is 6.92 Å². The molecule has 0 aliphatic rings. The van der Waals surface area contributed by atoms with Gasteiger partial charge in [0.15, 0.2) is 23.7 Å². The maximum Gasteiger partial charge on any atom is 0.315 e. The summed E-state index contributed by atoms with van der Waals surface area (Å²) in [7, 11) is 0. The van der Waals surface area contributed by atoms with Gasteiger partial charge in [-0.1, -0.05) is 13.3 Å². The van der Waals surface area contributed by atoms with Gasteiger partial charge < -0.3 is 9.47 Å². The van der Waals surface area contributed by atoms with Gasteiger partial charge in [0.1, 0.15) is 12.2 Å². The van der Waals surface area contributed by atoms with Gasteiger partial charge in [0.05, 0.1) is 6.61 Å². The van der Waals surface area contributed by atoms with Gasteiger partial charge in [0.25, 0.3) is 0 Å². The van der Waals surface area contributed by atoms with Crippen LogP contribution in [0.15, 0.2) is 0 Å². The van der Waals surface area contributed by atoms with E-state index in [1.165, 1.54) is 6.92 Å². The molecular weight excluding hydrogens is 211 g/mol. The van der Waals surface area contributed by atoms with Crippen molar-refractivity contribution in [1.82, 2.24) is 0 Å². The van der Waals surface area contributed by atoms with Gasteiger partial charge >= 0.3 is 5.97 Å². The van der Waals surface area contributed by atoms with Gasteiger partial charge in [-0.05, 0) is 20.3 Å². The van der Waals surface area contributed by atoms with Crippen molar-refractivity contribution >= 4 is 29.1 Å². The lowest BCUT2D eigenvalue weighted by Gasteiger charge is -2.13. The summed E-state index contributed by atoms with van der Waals surface area (Å²) in [5, 5.41) is 0. The molecule has 0 heterocycles. The maximum absolute atomic E-state index is 11.0. The van der Waals surface area contributed by atoms with E-state index < -0.39 is 12.3 Å². The Labute approximate surface area is 101 Å². The summed E-state index contributed by atoms with van der Waals surface area (Å²) in [5.74, 6) is -0.725. The summed E-state index contributed by atoms with van der Waals surface area (Å²) in [4.78, 5) is 21.5. The first-order chi connectivity index (χ1) is 6.56. The Kier molecular flexibility index (Phi) is 11.5. The molecule has 0 N–H and O–H groups in total. The second-order valence-electron chi connectivity index (χ2n) is 3.16. The molecule has 0 saturated carbocycles. The van der Waals surface area contributed by atoms with Crippen LogP contribution >= 0.6 is 0 Å². The molecule has 0 aliphatic carbocycles. The van der Waals surface area contributed by atoms with Crippen LogP contribution in [-0.2, 0) is 19.1 Å². The standard InChI is InChI=1S/C10H18O4.Al.3H/c1-4-5-6-13-9(3)14-10(12)7-8(2)11;;;;/h9H,4-7H2,1-3H3;;;;. The Morgan fingerprint density at radius 1 is 1.33 bits per heavy atom. The third-order valence-corrected chi connectivity index (χ3v) is 1.54. The molecule has 0 fully saturated rings. The predicted octanol–water partition coefficient (Wildman–Crippen LogP) is 0.487. The topological polar surface area (TPSA) is 52.6 Å². The highest BCUT2D eigenvalue weighted by Crippen LogP contribution is 1.99. The summed E-state index contributed by atoms with van der Waals surface area (Å²) in [6.45, 7) is 5.62. The van der Waals surface area contributed by atoms with E-state index in [9.17, 15) is 9.59 Å². The first-order valence-electron chi connectivity index (χ1n) is 4.86. The van der Waals surface area contributed by atoms with E-state index >= 15 is 0 Å². The zero-order chi connectivity index (χ0) is 11.0. The number of hydrogen-bond donors (Lipinski definition) is 0. The average Bonchev–Trinajstić information content (AvgIpc) is 2.02. The fourth-order valence-corrected chi connectivity index (χ4v) is 0.858. The van der Waals surface area contributed by atoms with Crippen molar-refractivity contribution < 1.29 is 19.1 Å². The molecule has 88 valence electrons. The molecule has 0 aliphatic heterocycles. The highest BCUT2D eigenvalue weighted by molar-refractivity contribution is 5.94. The molecule has 0 saturated heterocycles. The lowest BCUT2D eigenvalue weighted by Crippen LogP contribution is -2.20. The number of Topliss-reactive ketones (excluding diaryl/α,β-unsaturated/α-hetero) is 1. The molecule has 1 atom stereocenters. The molecule has 0 aromatic carbocycles. The second-order valence-corrected chi connectivity index (χ2v) is 3.16. The number of ketones is 1. The Bertz CT molecular complexity index is 194. The predicted molar refractivity (Wildman–Crippen MR) is 61.7 cm³/mol. The van der Waals surface area contributed by atoms with Gasteiger partial charge in [-0.25, -0.2) is 0 Å². The molecule has 0 aromatic heterocycles. The molecule has 0 bridgehead atoms. The zero-order valence-electron chi connectivity index (χ0n) is 9.04. The third-order valence-electron chi connectivity index (χ3n) is 1.54. The van der Waals surface area contributed by atoms with Crippen molar-refractivity contribution in [3.8, 4) is 0 Å². The Hall–Kier alpha value is -0.368. The molecule has 0 amide bonds. The van der Waals surface area contributed by atoms with Crippen LogP contribution in [0.25, 0.3) is 0 Å². The van der Waals surface area contributed by atoms with Crippen molar-refractivity contribution in [2.45, 2.75) is 46.3 Å². The van der Waals surface area contributed by atoms with Crippen LogP contribution in [0.5, 0.6) is 0 Å². The summed E-state index contributed by atoms with van der Waals surface area (Å²) in [6, 6.07) is 0. The number of unbranched alkanes of at least 4 members (excludes halogenated alkanes) is 1. The van der Waals surface area contributed by atoms with E-state index in [0.29, 0.717) is 6.61 Å². The highest BCUT2D eigenvalue weighted by atomic mass is 27.0. The maximum atomic E-state index is 11.0. The first-order valence-corrected chi connectivity index (χ1v) is 4.86. The van der Waals surface area contributed by atoms with Crippen LogP contribution in [0.1, 0.15) is 40.0 Å². The van der Waals surface area contributed by atoms with Gasteiger partial charge in [0, 0.05) is 0 Å². The van der Waals surface area contributed by atoms with Gasteiger partial charge in [0.2, 0.25) is 0 Å². The second kappa shape index (κ2) is 10.2. The third kappa shape index (κ3) is 11.6. The lowest BCUT2D eigenvalue weighted by atomic mass is 10.3. The highest BCUT2D eigenvalue weighted by Gasteiger charge is 2.11. The van der Waals surface area contributed by atoms with E-state index in [4.69, 9.17) is 9.47 Å². The number of carbonyl (C=O) groups excluding carboxylic acids is 2. The molecular formula is C10H21AlO4. The van der Waals surface area contributed by atoms with E-state index in [-0.39, 0.29) is 29.6 Å². The van der Waals surface area contributed by atoms with Crippen LogP contribution in [0, 0.1) is 0 Å². The Balaban J connectivity index is 0. The Morgan fingerprint density at radius 3 is 2.40 bits per heavy atom. The minimum Gasteiger partial charge on any atom is -0.436 e. The molecule has 0 aromatic rings. The molecule has 4 nitrogen and oxygen atoms in total. The van der Waals surface area contributed by atoms with Gasteiger partial charge in [-0.2, -0.15) is 0 Å². The smallest absolute Gasteiger partial charge is 0.315 e. The fraction of sp³-hybridized carbons (Fsp3) is 0.800. The molecule has 0 spiro atoms. The molecule has 1 unspecified atom stereocenters. The summed E-state index contributed by atoms with van der Waals surface area (Å²) >= 11 is 0. The molecule has 5 heteroatoms. The number of carbonyl (C=O) groups is 2. The van der Waals surface area contributed by atoms with Gasteiger partial charge in [-0.3, -0.25) is 9.59 Å². The van der Waals surface area contributed by atoms with Crippen LogP contribution < -0.4 is 0 Å². The van der Waals surface area contributed by atoms with E-state index in [2.05, 4.69) is 6.92 Å². The van der Waals surface area contributed by atoms with E-state index in [0.717, 1.165) is 12.8 Å². The van der Waals surface area contributed by atoms with Gasteiger partial charge in [-0.15, -0.1) is 0 Å². The summed E-state index contributed by atoms with van der Waals surface area (Å²) in [6.07, 6.45) is 1.23. The number of rotatable bonds is 7. The Morgan fingerprint density at radius 2 is 1.93 bits per heavy atom. The van der Waals surface area contributed by atoms with Crippen molar-refractivity contribution in [2.75, 3.05) is 6.61 Å². The minimum atomic E-state index is -0.562. The quantitative estimate of drug-likeness (QED) is 0.211. The number of hydrogen-bond acceptors (Lipinski definition) is 4. The van der Waals surface area contributed by atoms with E-state index in [1.807, 2.05) is 0 Å². The normalized spacial score (nSPS) is 11.4. The summed E-state index contributed by atoms with van der Waals surface area (Å²) < 4.78 is 10.0. The number of ether oxygens (including phenoxy) is 2. The average molecular weight is 232 g/mol. The van der Waals surface area contributed by atoms with Crippen molar-refractivity contribution in [3.63, 3.8) is 0 Å². The van der Waals surface area contributed by atoms with Crippen molar-refractivity contribution in [3.05, 3.63) is 0 Å². The molecule has 0 radical (unpaired) electrons. The monoisotopic (exact) mass is 232 g/mol. The van der Waals surface area contributed by atoms with Crippen LogP contribution in [0.3, 0.4) is 0 Å². The minimum absolute atomic E-state index is 0. The first kappa shape index (κ1) is 17.0. The van der Waals surface area contributed by atoms with Crippen LogP contribution in [-0.4, -0.2) is 42.0 Å². The molecule has 0 rings (SSSR count). The van der Waals surface area contributed by atoms with Crippen molar-refractivity contribution in [1.29, 1.82) is 0 Å². The largest absolute Gasteiger partial charge is 0.436 e. The molecule has 15 heavy (non-hydrogen) atoms. The SMILES string of the molecule is CCCCOC(C)OC(=O)CC(C)=O.[AlH3]. The summed E-state index contributed by atoms with van der Waals surface area (Å²) in [5.41, 5.74) is 0. The zero-order valence-corrected chi connectivity index (χ0v) is 9.04. The fourth-order valence-electron chi connectivity index (χ4n) is 0.858. The van der Waals surface area contributed by atoms with Crippen LogP contribution in [0.4, 0.5) is 0 Å². The van der Waals surface area contributed by atoms with Crippen molar-refractivity contribution in [2.24, 2.45) is 0 Å².